The summed E-state index contributed by atoms with van der Waals surface area (Å²) >= 11 is 18.1. The third-order valence-electron chi connectivity index (χ3n) is 5.73. The summed E-state index contributed by atoms with van der Waals surface area (Å²) in [6, 6.07) is 10.6. The van der Waals surface area contributed by atoms with Crippen molar-refractivity contribution < 1.29 is 4.39 Å². The summed E-state index contributed by atoms with van der Waals surface area (Å²) in [6.45, 7) is 4.25. The summed E-state index contributed by atoms with van der Waals surface area (Å²) in [4.78, 5) is 6.57. The molecule has 0 unspecified atom stereocenters. The van der Waals surface area contributed by atoms with Crippen LogP contribution in [0.1, 0.15) is 5.56 Å². The molecule has 0 atom stereocenters. The summed E-state index contributed by atoms with van der Waals surface area (Å²) < 4.78 is 17.9. The van der Waals surface area contributed by atoms with Crippen molar-refractivity contribution >= 4 is 47.3 Å². The molecule has 2 aromatic carbocycles. The van der Waals surface area contributed by atoms with E-state index in [1.807, 2.05) is 43.3 Å². The van der Waals surface area contributed by atoms with Crippen molar-refractivity contribution in [2.45, 2.75) is 6.67 Å². The molecule has 1 aliphatic rings. The van der Waals surface area contributed by atoms with Crippen molar-refractivity contribution in [1.82, 2.24) is 24.3 Å². The fraction of sp³-hybridized carbons (Fsp3) is 0.348. The largest absolute Gasteiger partial charge is 0.378 e. The molecule has 0 saturated carbocycles. The van der Waals surface area contributed by atoms with Gasteiger partial charge in [0.1, 0.15) is 5.82 Å². The quantitative estimate of drug-likeness (QED) is 0.267. The van der Waals surface area contributed by atoms with E-state index in [9.17, 15) is 4.39 Å². The van der Waals surface area contributed by atoms with E-state index in [1.165, 1.54) is 16.8 Å². The zero-order valence-corrected chi connectivity index (χ0v) is 21.6. The van der Waals surface area contributed by atoms with Crippen LogP contribution in [-0.4, -0.2) is 77.8 Å². The van der Waals surface area contributed by atoms with Crippen LogP contribution in [0.3, 0.4) is 0 Å². The molecule has 0 spiro atoms. The number of halogens is 3. The molecule has 4 rings (SSSR count). The van der Waals surface area contributed by atoms with Crippen LogP contribution in [0.25, 0.3) is 11.4 Å². The van der Waals surface area contributed by atoms with Crippen molar-refractivity contribution in [2.24, 2.45) is 5.10 Å². The lowest BCUT2D eigenvalue weighted by molar-refractivity contribution is 0.119. The van der Waals surface area contributed by atoms with Crippen molar-refractivity contribution in [1.29, 1.82) is 0 Å². The minimum atomic E-state index is -0.588. The van der Waals surface area contributed by atoms with Gasteiger partial charge in [-0.05, 0) is 49.1 Å². The number of likely N-dealkylation sites (N-methyl/N-ethyl adjacent to an activating group) is 1. The number of nitrogens with zero attached hydrogens (tertiary/aromatic N) is 7. The fourth-order valence-corrected chi connectivity index (χ4v) is 4.32. The van der Waals surface area contributed by atoms with E-state index in [2.05, 4.69) is 27.0 Å². The van der Waals surface area contributed by atoms with E-state index >= 15 is 0 Å². The van der Waals surface area contributed by atoms with E-state index in [-0.39, 0.29) is 10.0 Å². The number of piperazine rings is 1. The Hall–Kier alpha value is -2.30. The summed E-state index contributed by atoms with van der Waals surface area (Å²) in [5, 5.41) is 9.49. The standard InChI is InChI=1S/C23H26Cl2FN7S/c1-29(2)17-6-4-16(5-7-17)14-27-33-22(18-12-21(26)20(25)13-19(18)24)28-32(23(33)34)15-31-10-8-30(3)9-11-31/h4-7,12-14H,8-11,15H2,1-3H3/b27-14+. The highest BCUT2D eigenvalue weighted by Crippen LogP contribution is 2.32. The van der Waals surface area contributed by atoms with Crippen molar-refractivity contribution in [2.75, 3.05) is 52.2 Å². The first-order chi connectivity index (χ1) is 16.2. The van der Waals surface area contributed by atoms with E-state index in [1.54, 1.807) is 10.9 Å². The van der Waals surface area contributed by atoms with Crippen molar-refractivity contribution in [3.63, 3.8) is 0 Å². The second-order valence-corrected chi connectivity index (χ2v) is 9.64. The summed E-state index contributed by atoms with van der Waals surface area (Å²) in [5.41, 5.74) is 2.34. The van der Waals surface area contributed by atoms with Crippen LogP contribution >= 0.6 is 35.4 Å². The van der Waals surface area contributed by atoms with Crippen LogP contribution < -0.4 is 4.90 Å². The predicted molar refractivity (Wildman–Crippen MR) is 139 cm³/mol. The maximum atomic E-state index is 14.3. The first-order valence-electron chi connectivity index (χ1n) is 10.8. The summed E-state index contributed by atoms with van der Waals surface area (Å²) in [6.07, 6.45) is 1.70. The van der Waals surface area contributed by atoms with Crippen LogP contribution in [0.4, 0.5) is 10.1 Å². The Morgan fingerprint density at radius 2 is 1.76 bits per heavy atom. The Morgan fingerprint density at radius 1 is 1.09 bits per heavy atom. The number of anilines is 1. The third-order valence-corrected chi connectivity index (χ3v) is 6.72. The Morgan fingerprint density at radius 3 is 2.41 bits per heavy atom. The second-order valence-electron chi connectivity index (χ2n) is 8.46. The summed E-state index contributed by atoms with van der Waals surface area (Å²) in [5.74, 6) is -0.240. The van der Waals surface area contributed by atoms with Crippen LogP contribution in [-0.2, 0) is 6.67 Å². The fourth-order valence-electron chi connectivity index (χ4n) is 3.62. The van der Waals surface area contributed by atoms with Gasteiger partial charge in [-0.15, -0.1) is 5.10 Å². The molecule has 3 aromatic rings. The first-order valence-corrected chi connectivity index (χ1v) is 12.0. The number of aromatic nitrogens is 3. The SMILES string of the molecule is CN1CCN(Cn2nc(-c3cc(F)c(Cl)cc3Cl)n(/N=C/c3ccc(N(C)C)cc3)c2=S)CC1. The minimum absolute atomic E-state index is 0.0553. The lowest BCUT2D eigenvalue weighted by Crippen LogP contribution is -2.45. The number of hydrogen-bond donors (Lipinski definition) is 0. The first kappa shape index (κ1) is 24.8. The molecule has 11 heteroatoms. The Bertz CT molecular complexity index is 1250. The van der Waals surface area contributed by atoms with Gasteiger partial charge in [-0.2, -0.15) is 9.78 Å². The van der Waals surface area contributed by atoms with Gasteiger partial charge >= 0.3 is 0 Å². The average Bonchev–Trinajstić information content (AvgIpc) is 3.11. The highest BCUT2D eigenvalue weighted by Gasteiger charge is 2.20. The van der Waals surface area contributed by atoms with E-state index in [0.29, 0.717) is 22.8 Å². The molecule has 180 valence electrons. The van der Waals surface area contributed by atoms with Crippen molar-refractivity contribution in [3.05, 3.63) is 62.6 Å². The molecular weight excluding hydrogens is 496 g/mol. The van der Waals surface area contributed by atoms with Gasteiger partial charge < -0.3 is 9.80 Å². The molecule has 34 heavy (non-hydrogen) atoms. The number of rotatable bonds is 6. The van der Waals surface area contributed by atoms with Gasteiger partial charge in [-0.3, -0.25) is 4.90 Å². The summed E-state index contributed by atoms with van der Waals surface area (Å²) in [7, 11) is 6.07. The van der Waals surface area contributed by atoms with Crippen LogP contribution in [0.5, 0.6) is 0 Å². The molecule has 0 amide bonds. The zero-order valence-electron chi connectivity index (χ0n) is 19.2. The third kappa shape index (κ3) is 5.50. The molecule has 1 fully saturated rings. The lowest BCUT2D eigenvalue weighted by atomic mass is 10.2. The number of benzene rings is 2. The average molecular weight is 522 g/mol. The van der Waals surface area contributed by atoms with Gasteiger partial charge in [0.25, 0.3) is 0 Å². The van der Waals surface area contributed by atoms with Crippen LogP contribution in [0.2, 0.25) is 10.0 Å². The Labute approximate surface area is 213 Å². The number of hydrogen-bond acceptors (Lipinski definition) is 6. The predicted octanol–water partition coefficient (Wildman–Crippen LogP) is 4.68. The Balaban J connectivity index is 1.73. The molecule has 0 N–H and O–H groups in total. The van der Waals surface area contributed by atoms with E-state index in [0.717, 1.165) is 37.4 Å². The highest BCUT2D eigenvalue weighted by molar-refractivity contribution is 7.71. The molecule has 7 nitrogen and oxygen atoms in total. The maximum Gasteiger partial charge on any atom is 0.220 e. The normalized spacial score (nSPS) is 15.4. The molecular formula is C23H26Cl2FN7S. The zero-order chi connectivity index (χ0) is 24.4. The monoisotopic (exact) mass is 521 g/mol. The van der Waals surface area contributed by atoms with E-state index in [4.69, 9.17) is 35.4 Å². The molecule has 2 heterocycles. The Kier molecular flexibility index (Phi) is 7.69. The van der Waals surface area contributed by atoms with Crippen molar-refractivity contribution in [3.8, 4) is 11.4 Å². The molecule has 1 aliphatic heterocycles. The van der Waals surface area contributed by atoms with Gasteiger partial charge in [0.05, 0.1) is 22.9 Å². The van der Waals surface area contributed by atoms with Gasteiger partial charge in [-0.1, -0.05) is 35.3 Å². The van der Waals surface area contributed by atoms with Gasteiger partial charge in [-0.25, -0.2) is 9.07 Å². The molecule has 1 saturated heterocycles. The van der Waals surface area contributed by atoms with Gasteiger partial charge in [0, 0.05) is 51.5 Å². The molecule has 0 bridgehead atoms. The molecule has 0 radical (unpaired) electrons. The topological polar surface area (TPSA) is 44.8 Å². The minimum Gasteiger partial charge on any atom is -0.378 e. The second kappa shape index (κ2) is 10.5. The van der Waals surface area contributed by atoms with Crippen LogP contribution in [0.15, 0.2) is 41.5 Å². The highest BCUT2D eigenvalue weighted by atomic mass is 35.5. The lowest BCUT2D eigenvalue weighted by Gasteiger charge is -2.31. The van der Waals surface area contributed by atoms with Gasteiger partial charge in [0.15, 0.2) is 5.82 Å². The molecule has 1 aromatic heterocycles. The molecule has 0 aliphatic carbocycles. The van der Waals surface area contributed by atoms with Gasteiger partial charge in [0.2, 0.25) is 4.77 Å². The van der Waals surface area contributed by atoms with E-state index < -0.39 is 5.82 Å². The maximum absolute atomic E-state index is 14.3. The smallest absolute Gasteiger partial charge is 0.220 e. The van der Waals surface area contributed by atoms with Crippen LogP contribution in [0, 0.1) is 10.6 Å².